The third-order valence-corrected chi connectivity index (χ3v) is 10.7. The minimum atomic E-state index is 0.0677. The number of hydrogen-bond acceptors (Lipinski definition) is 3. The van der Waals surface area contributed by atoms with E-state index in [1.54, 1.807) is 0 Å². The quantitative estimate of drug-likeness (QED) is 0.418. The van der Waals surface area contributed by atoms with Crippen LogP contribution in [0.2, 0.25) is 0 Å². The van der Waals surface area contributed by atoms with Gasteiger partial charge in [-0.05, 0) is 117 Å². The van der Waals surface area contributed by atoms with Crippen molar-refractivity contribution in [2.24, 2.45) is 40.4 Å². The average molecular weight is 403 g/mol. The van der Waals surface area contributed by atoms with Gasteiger partial charge in [-0.3, -0.25) is 0 Å². The predicted molar refractivity (Wildman–Crippen MR) is 114 cm³/mol. The van der Waals surface area contributed by atoms with E-state index in [1.165, 1.54) is 76.9 Å². The van der Waals surface area contributed by atoms with Crippen LogP contribution in [-0.4, -0.2) is 25.3 Å². The lowest BCUT2D eigenvalue weighted by Crippen LogP contribution is -2.54. The topological polar surface area (TPSA) is 35.5 Å². The van der Waals surface area contributed by atoms with E-state index < -0.39 is 0 Å². The van der Waals surface area contributed by atoms with Crippen LogP contribution in [0.25, 0.3) is 0 Å². The molecule has 9 atom stereocenters. The first kappa shape index (κ1) is 20.5. The number of fused-ring (bicyclic) bond motifs is 5. The van der Waals surface area contributed by atoms with Crippen molar-refractivity contribution in [2.75, 3.05) is 6.61 Å². The van der Waals surface area contributed by atoms with Crippen molar-refractivity contribution in [1.29, 1.82) is 0 Å². The fraction of sp³-hybridized carbons (Fsp3) is 0.962. The summed E-state index contributed by atoms with van der Waals surface area (Å²) in [5.74, 6) is 4.17. The van der Waals surface area contributed by atoms with Crippen molar-refractivity contribution in [3.63, 3.8) is 0 Å². The van der Waals surface area contributed by atoms with E-state index in [0.29, 0.717) is 22.9 Å². The molecule has 5 rings (SSSR count). The normalized spacial score (nSPS) is 52.3. The summed E-state index contributed by atoms with van der Waals surface area (Å²) in [7, 11) is 0. The lowest BCUT2D eigenvalue weighted by molar-refractivity contribution is -0.212. The Kier molecular flexibility index (Phi) is 5.60. The highest BCUT2D eigenvalue weighted by atomic mass is 16.7. The van der Waals surface area contributed by atoms with E-state index in [4.69, 9.17) is 9.47 Å². The van der Waals surface area contributed by atoms with Crippen LogP contribution in [-0.2, 0) is 14.3 Å². The molecule has 0 aromatic rings. The Morgan fingerprint density at radius 3 is 2.55 bits per heavy atom. The van der Waals surface area contributed by atoms with Crippen molar-refractivity contribution in [1.82, 2.24) is 0 Å². The second-order valence-corrected chi connectivity index (χ2v) is 11.7. The summed E-state index contributed by atoms with van der Waals surface area (Å²) in [6.45, 7) is 6.06. The summed E-state index contributed by atoms with van der Waals surface area (Å²) in [6.07, 6.45) is 18.1. The average Bonchev–Trinajstić information content (AvgIpc) is 3.06. The van der Waals surface area contributed by atoms with Crippen LogP contribution in [0.5, 0.6) is 0 Å². The molecule has 5 aliphatic rings. The minimum absolute atomic E-state index is 0.0677. The molecule has 0 aromatic carbocycles. The molecule has 1 heterocycles. The van der Waals surface area contributed by atoms with Crippen LogP contribution in [0.15, 0.2) is 0 Å². The molecule has 0 unspecified atom stereocenters. The first-order valence-corrected chi connectivity index (χ1v) is 12.8. The van der Waals surface area contributed by atoms with Crippen LogP contribution < -0.4 is 0 Å². The predicted octanol–water partition coefficient (Wildman–Crippen LogP) is 6.15. The van der Waals surface area contributed by atoms with Crippen LogP contribution in [0, 0.1) is 40.4 Å². The number of carbonyl (C=O) groups is 1. The summed E-state index contributed by atoms with van der Waals surface area (Å²) in [4.78, 5) is 11.3. The molecule has 0 spiro atoms. The van der Waals surface area contributed by atoms with Gasteiger partial charge in [0.25, 0.3) is 0 Å². The van der Waals surface area contributed by atoms with Gasteiger partial charge in [0.2, 0.25) is 0 Å². The van der Waals surface area contributed by atoms with E-state index in [0.717, 1.165) is 43.1 Å². The van der Waals surface area contributed by atoms with Gasteiger partial charge in [0.15, 0.2) is 6.29 Å². The first-order chi connectivity index (χ1) is 14.0. The molecule has 0 N–H and O–H groups in total. The Hall–Kier alpha value is -0.410. The van der Waals surface area contributed by atoms with Gasteiger partial charge in [-0.15, -0.1) is 0 Å². The summed E-state index contributed by atoms with van der Waals surface area (Å²) >= 11 is 0. The highest BCUT2D eigenvalue weighted by Gasteiger charge is 2.60. The fourth-order valence-corrected chi connectivity index (χ4v) is 8.99. The lowest BCUT2D eigenvalue weighted by Gasteiger charge is -2.61. The SMILES string of the molecule is C[C@]12CC[C@H](O[C@H]3CCCCO3)C[C@@H]1CC[C@@H]1[C@@H]2CC[C@]2(C)[C@@H](CC=O)CC[C@@H]12. The maximum Gasteiger partial charge on any atom is 0.157 e. The number of hydrogen-bond donors (Lipinski definition) is 0. The lowest BCUT2D eigenvalue weighted by atomic mass is 9.44. The molecule has 5 fully saturated rings. The molecule has 4 saturated carbocycles. The highest BCUT2D eigenvalue weighted by molar-refractivity contribution is 5.50. The molecular weight excluding hydrogens is 360 g/mol. The molecule has 1 saturated heterocycles. The van der Waals surface area contributed by atoms with Gasteiger partial charge in [0.05, 0.1) is 6.10 Å². The van der Waals surface area contributed by atoms with E-state index >= 15 is 0 Å². The number of aldehydes is 1. The maximum atomic E-state index is 11.3. The van der Waals surface area contributed by atoms with Gasteiger partial charge >= 0.3 is 0 Å². The molecule has 3 heteroatoms. The van der Waals surface area contributed by atoms with E-state index in [-0.39, 0.29) is 6.29 Å². The first-order valence-electron chi connectivity index (χ1n) is 12.8. The van der Waals surface area contributed by atoms with Gasteiger partial charge in [-0.1, -0.05) is 13.8 Å². The van der Waals surface area contributed by atoms with E-state index in [9.17, 15) is 4.79 Å². The van der Waals surface area contributed by atoms with E-state index in [2.05, 4.69) is 13.8 Å². The van der Waals surface area contributed by atoms with Crippen molar-refractivity contribution in [2.45, 2.75) is 110 Å². The largest absolute Gasteiger partial charge is 0.353 e. The van der Waals surface area contributed by atoms with Crippen LogP contribution >= 0.6 is 0 Å². The molecular formula is C26H42O3. The van der Waals surface area contributed by atoms with Gasteiger partial charge in [-0.2, -0.15) is 0 Å². The summed E-state index contributed by atoms with van der Waals surface area (Å²) in [5.41, 5.74) is 0.949. The molecule has 3 nitrogen and oxygen atoms in total. The standard InChI is InChI=1S/C26H42O3/c1-25-14-11-23-21(22(25)9-7-18(25)12-15-27)8-6-19-17-20(10-13-26(19,23)2)29-24-5-3-4-16-28-24/h15,18-24H,3-14,16-17H2,1-2H3/t18-,19+,20+,21+,22+,23+,24+,25-,26+/m1/s1. The summed E-state index contributed by atoms with van der Waals surface area (Å²) < 4.78 is 12.3. The van der Waals surface area contributed by atoms with Crippen LogP contribution in [0.3, 0.4) is 0 Å². The molecule has 0 radical (unpaired) electrons. The van der Waals surface area contributed by atoms with E-state index in [1.807, 2.05) is 0 Å². The Morgan fingerprint density at radius 2 is 1.76 bits per heavy atom. The van der Waals surface area contributed by atoms with Gasteiger partial charge in [0.1, 0.15) is 6.29 Å². The summed E-state index contributed by atoms with van der Waals surface area (Å²) in [6, 6.07) is 0. The van der Waals surface area contributed by atoms with Gasteiger partial charge < -0.3 is 14.3 Å². The minimum Gasteiger partial charge on any atom is -0.353 e. The molecule has 0 aromatic heterocycles. The maximum absolute atomic E-state index is 11.3. The number of rotatable bonds is 4. The Balaban J connectivity index is 1.27. The van der Waals surface area contributed by atoms with Crippen molar-refractivity contribution in [3.05, 3.63) is 0 Å². The van der Waals surface area contributed by atoms with Crippen molar-refractivity contribution < 1.29 is 14.3 Å². The van der Waals surface area contributed by atoms with Gasteiger partial charge in [0, 0.05) is 13.0 Å². The molecule has 4 aliphatic carbocycles. The molecule has 29 heavy (non-hydrogen) atoms. The number of ether oxygens (including phenoxy) is 2. The third kappa shape index (κ3) is 3.43. The fourth-order valence-electron chi connectivity index (χ4n) is 8.99. The zero-order valence-electron chi connectivity index (χ0n) is 18.7. The zero-order chi connectivity index (χ0) is 20.1. The van der Waals surface area contributed by atoms with Crippen molar-refractivity contribution in [3.8, 4) is 0 Å². The molecule has 164 valence electrons. The Labute approximate surface area is 177 Å². The second kappa shape index (κ2) is 7.93. The molecule has 1 aliphatic heterocycles. The Morgan fingerprint density at radius 1 is 0.931 bits per heavy atom. The zero-order valence-corrected chi connectivity index (χ0v) is 18.7. The van der Waals surface area contributed by atoms with Crippen LogP contribution in [0.4, 0.5) is 0 Å². The highest BCUT2D eigenvalue weighted by Crippen LogP contribution is 2.67. The van der Waals surface area contributed by atoms with Crippen molar-refractivity contribution >= 4 is 6.29 Å². The van der Waals surface area contributed by atoms with Gasteiger partial charge in [-0.25, -0.2) is 0 Å². The van der Waals surface area contributed by atoms with Crippen LogP contribution in [0.1, 0.15) is 97.3 Å². The Bertz CT molecular complexity index is 599. The summed E-state index contributed by atoms with van der Waals surface area (Å²) in [5, 5.41) is 0. The molecule has 0 bridgehead atoms. The number of carbonyl (C=O) groups excluding carboxylic acids is 1. The third-order valence-electron chi connectivity index (χ3n) is 10.7. The molecule has 0 amide bonds. The smallest absolute Gasteiger partial charge is 0.157 e. The second-order valence-electron chi connectivity index (χ2n) is 11.7. The monoisotopic (exact) mass is 402 g/mol.